The van der Waals surface area contributed by atoms with Crippen LogP contribution in [0.5, 0.6) is 0 Å². The molecule has 0 saturated heterocycles. The molecule has 8 rings (SSSR count). The van der Waals surface area contributed by atoms with Gasteiger partial charge in [0, 0.05) is 60.9 Å². The average Bonchev–Trinajstić information content (AvgIpc) is 4.03. The number of nitrogens with one attached hydrogen (secondary N) is 2. The fourth-order valence-electron chi connectivity index (χ4n) is 7.55. The van der Waals surface area contributed by atoms with Crippen LogP contribution in [-0.2, 0) is 27.2 Å². The Hall–Kier alpha value is -7.41. The molecule has 60 heavy (non-hydrogen) atoms. The summed E-state index contributed by atoms with van der Waals surface area (Å²) in [6.07, 6.45) is 9.03. The Morgan fingerprint density at radius 3 is 1.68 bits per heavy atom. The van der Waals surface area contributed by atoms with Gasteiger partial charge in [-0.3, -0.25) is 20.2 Å². The predicted molar refractivity (Wildman–Crippen MR) is 234 cm³/mol. The van der Waals surface area contributed by atoms with Crippen LogP contribution in [0.2, 0.25) is 0 Å². The Kier molecular flexibility index (Phi) is 10.6. The van der Waals surface area contributed by atoms with Gasteiger partial charge in [-0.2, -0.15) is 15.0 Å². The summed E-state index contributed by atoms with van der Waals surface area (Å²) in [5.74, 6) is 1.35. The highest BCUT2D eigenvalue weighted by Gasteiger charge is 2.19. The second-order valence-electron chi connectivity index (χ2n) is 15.5. The number of anilines is 2. The van der Waals surface area contributed by atoms with Crippen molar-refractivity contribution in [1.82, 2.24) is 43.6 Å². The Bertz CT molecular complexity index is 2930. The first-order valence-corrected chi connectivity index (χ1v) is 19.7. The number of amides is 2. The monoisotopic (exact) mass is 797 g/mol. The molecule has 0 bridgehead atoms. The summed E-state index contributed by atoms with van der Waals surface area (Å²) in [6, 6.07) is 23.6. The van der Waals surface area contributed by atoms with Gasteiger partial charge in [0.1, 0.15) is 11.5 Å². The molecular weight excluding hydrogens is 751 g/mol. The van der Waals surface area contributed by atoms with E-state index in [0.717, 1.165) is 67.4 Å². The van der Waals surface area contributed by atoms with Crippen LogP contribution in [0.25, 0.3) is 33.8 Å². The van der Waals surface area contributed by atoms with Gasteiger partial charge in [0.05, 0.1) is 36.5 Å². The highest BCUT2D eigenvalue weighted by Crippen LogP contribution is 2.32. The maximum Gasteiger partial charge on any atom is 0.257 e. The Labute approximate surface area is 348 Å². The minimum atomic E-state index is -0.250. The molecule has 13 heteroatoms. The van der Waals surface area contributed by atoms with Crippen LogP contribution in [0, 0.1) is 41.5 Å². The molecule has 2 amide bonds. The smallest absolute Gasteiger partial charge is 0.257 e. The summed E-state index contributed by atoms with van der Waals surface area (Å²) in [4.78, 5) is 41.8. The Morgan fingerprint density at radius 1 is 0.583 bits per heavy atom. The summed E-state index contributed by atoms with van der Waals surface area (Å²) in [5, 5.41) is 15.4. The maximum atomic E-state index is 13.4. The third kappa shape index (κ3) is 7.89. The molecule has 13 nitrogen and oxygen atoms in total. The lowest BCUT2D eigenvalue weighted by molar-refractivity contribution is 0.101. The molecule has 0 aliphatic heterocycles. The van der Waals surface area contributed by atoms with Crippen molar-refractivity contribution in [3.63, 3.8) is 0 Å². The van der Waals surface area contributed by atoms with E-state index in [1.54, 1.807) is 41.7 Å². The average molecular weight is 798 g/mol. The maximum absolute atomic E-state index is 13.4. The predicted octanol–water partition coefficient (Wildman–Crippen LogP) is 8.39. The van der Waals surface area contributed by atoms with Gasteiger partial charge in [0.15, 0.2) is 0 Å². The van der Waals surface area contributed by atoms with E-state index in [4.69, 9.17) is 5.10 Å². The van der Waals surface area contributed by atoms with E-state index in [1.165, 1.54) is 11.1 Å². The molecule has 0 radical (unpaired) electrons. The number of hydrogen-bond acceptors (Lipinski definition) is 7. The second-order valence-corrected chi connectivity index (χ2v) is 15.5. The van der Waals surface area contributed by atoms with Crippen molar-refractivity contribution in [3.05, 3.63) is 160 Å². The van der Waals surface area contributed by atoms with Crippen molar-refractivity contribution < 1.29 is 9.59 Å². The summed E-state index contributed by atoms with van der Waals surface area (Å²) >= 11 is 0. The number of hydrogen-bond donors (Lipinski definition) is 2. The van der Waals surface area contributed by atoms with Crippen LogP contribution in [0.15, 0.2) is 104 Å². The van der Waals surface area contributed by atoms with Crippen molar-refractivity contribution in [3.8, 4) is 33.8 Å². The van der Waals surface area contributed by atoms with E-state index in [1.807, 2.05) is 91.2 Å². The summed E-state index contributed by atoms with van der Waals surface area (Å²) < 4.78 is 5.84. The number of aromatic nitrogens is 9. The number of rotatable bonds is 11. The van der Waals surface area contributed by atoms with Crippen molar-refractivity contribution in [2.45, 2.75) is 54.6 Å². The number of carbonyl (C=O) groups is 2. The van der Waals surface area contributed by atoms with Crippen molar-refractivity contribution >= 4 is 23.7 Å². The number of imidazole rings is 3. The van der Waals surface area contributed by atoms with Gasteiger partial charge in [0.2, 0.25) is 11.9 Å². The minimum Gasteiger partial charge on any atom is -0.331 e. The van der Waals surface area contributed by atoms with Crippen LogP contribution >= 0.6 is 0 Å². The molecule has 0 unspecified atom stereocenters. The third-order valence-corrected chi connectivity index (χ3v) is 11.2. The molecule has 0 aliphatic rings. The third-order valence-electron chi connectivity index (χ3n) is 11.2. The van der Waals surface area contributed by atoms with Crippen molar-refractivity contribution in [2.75, 3.05) is 10.6 Å². The highest BCUT2D eigenvalue weighted by molar-refractivity contribution is 6.04. The molecule has 302 valence electrons. The van der Waals surface area contributed by atoms with Gasteiger partial charge < -0.3 is 13.7 Å². The van der Waals surface area contributed by atoms with Crippen LogP contribution in [0.3, 0.4) is 0 Å². The molecular formula is C47H47N11O2. The number of benzene rings is 4. The minimum absolute atomic E-state index is 0.233. The van der Waals surface area contributed by atoms with Gasteiger partial charge in [-0.15, -0.1) is 0 Å². The molecule has 0 fully saturated rings. The molecule has 4 aromatic heterocycles. The standard InChI is InChI=1S/C47H47N11O2/c1-28-17-30(3)39(18-29(28)2)42-24-49-46(55(42)7)53-45(60)37-14-10-12-35(22-37)27-58-51-23-41(54-58)38-19-32(5)40(20-31(38)4)43-25-50-47(56(43)8)52-44(59)36-13-9-11-34(21-36)26-57-16-15-48-33(57)6/h9-25H,26-27H2,1-8H3,(H,49,53,60)(H,50,52,59). The number of nitrogens with zero attached hydrogens (tertiary/aromatic N) is 9. The summed E-state index contributed by atoms with van der Waals surface area (Å²) in [5.41, 5.74) is 14.2. The van der Waals surface area contributed by atoms with Crippen molar-refractivity contribution in [1.29, 1.82) is 0 Å². The van der Waals surface area contributed by atoms with Gasteiger partial charge in [0.25, 0.3) is 11.8 Å². The fourth-order valence-corrected chi connectivity index (χ4v) is 7.55. The van der Waals surface area contributed by atoms with Crippen LogP contribution in [0.4, 0.5) is 11.9 Å². The first kappa shape index (κ1) is 39.4. The summed E-state index contributed by atoms with van der Waals surface area (Å²) in [7, 11) is 3.80. The lowest BCUT2D eigenvalue weighted by Crippen LogP contribution is -2.16. The zero-order valence-electron chi connectivity index (χ0n) is 35.1. The largest absolute Gasteiger partial charge is 0.331 e. The fraction of sp³-hybridized carbons (Fsp3) is 0.213. The number of aryl methyl sites for hydroxylation is 6. The Balaban J connectivity index is 0.934. The molecule has 2 N–H and O–H groups in total. The van der Waals surface area contributed by atoms with Crippen LogP contribution in [-0.4, -0.2) is 55.5 Å². The van der Waals surface area contributed by atoms with Gasteiger partial charge in [-0.05, 0) is 123 Å². The topological polar surface area (TPSA) is 142 Å². The molecule has 4 heterocycles. The van der Waals surface area contributed by atoms with Crippen LogP contribution in [0.1, 0.15) is 65.5 Å². The van der Waals surface area contributed by atoms with Gasteiger partial charge in [-0.25, -0.2) is 15.0 Å². The van der Waals surface area contributed by atoms with Gasteiger partial charge in [-0.1, -0.05) is 30.3 Å². The first-order chi connectivity index (χ1) is 28.8. The van der Waals surface area contributed by atoms with E-state index in [-0.39, 0.29) is 11.8 Å². The zero-order valence-corrected chi connectivity index (χ0v) is 35.1. The van der Waals surface area contributed by atoms with E-state index >= 15 is 0 Å². The molecule has 0 atom stereocenters. The van der Waals surface area contributed by atoms with E-state index in [0.29, 0.717) is 36.1 Å². The quantitative estimate of drug-likeness (QED) is 0.134. The first-order valence-electron chi connectivity index (χ1n) is 19.7. The lowest BCUT2D eigenvalue weighted by atomic mass is 9.97. The highest BCUT2D eigenvalue weighted by atomic mass is 16.2. The molecule has 4 aromatic carbocycles. The van der Waals surface area contributed by atoms with Crippen molar-refractivity contribution in [2.24, 2.45) is 14.1 Å². The van der Waals surface area contributed by atoms with E-state index in [9.17, 15) is 9.59 Å². The summed E-state index contributed by atoms with van der Waals surface area (Å²) in [6.45, 7) is 13.4. The van der Waals surface area contributed by atoms with E-state index in [2.05, 4.69) is 75.7 Å². The zero-order chi connectivity index (χ0) is 42.2. The molecule has 8 aromatic rings. The molecule has 0 aliphatic carbocycles. The van der Waals surface area contributed by atoms with E-state index < -0.39 is 0 Å². The number of carbonyl (C=O) groups excluding carboxylic acids is 2. The van der Waals surface area contributed by atoms with Crippen LogP contribution < -0.4 is 10.6 Å². The van der Waals surface area contributed by atoms with Gasteiger partial charge >= 0.3 is 0 Å². The normalized spacial score (nSPS) is 11.3. The SMILES string of the molecule is Cc1cc(C)c(-c2cnc(NC(=O)c3cccc(Cn4ncc(-c5cc(C)c(-c6cnc(NC(=O)c7cccc(Cn8ccnc8C)c7)n6C)cc5C)n4)c3)n2C)cc1C. The second kappa shape index (κ2) is 16.1. The lowest BCUT2D eigenvalue weighted by Gasteiger charge is -2.13. The Morgan fingerprint density at radius 2 is 1.10 bits per heavy atom. The molecule has 0 saturated carbocycles. The molecule has 0 spiro atoms.